The van der Waals surface area contributed by atoms with Gasteiger partial charge in [-0.3, -0.25) is 14.2 Å². The van der Waals surface area contributed by atoms with Gasteiger partial charge < -0.3 is 5.32 Å². The number of amides is 1. The molecule has 8 nitrogen and oxygen atoms in total. The fourth-order valence-corrected chi connectivity index (χ4v) is 3.05. The molecule has 4 aromatic rings. The Morgan fingerprint density at radius 3 is 2.38 bits per heavy atom. The van der Waals surface area contributed by atoms with Gasteiger partial charge in [0.15, 0.2) is 5.69 Å². The lowest BCUT2D eigenvalue weighted by atomic mass is 10.2. The highest BCUT2D eigenvalue weighted by molar-refractivity contribution is 6.02. The fourth-order valence-electron chi connectivity index (χ4n) is 3.05. The minimum atomic E-state index is -4.54. The number of anilines is 1. The van der Waals surface area contributed by atoms with E-state index in [4.69, 9.17) is 0 Å². The van der Waals surface area contributed by atoms with Crippen LogP contribution in [0.15, 0.2) is 72.0 Å². The molecule has 0 unspecified atom stereocenters. The minimum Gasteiger partial charge on any atom is -0.320 e. The average Bonchev–Trinajstić information content (AvgIpc) is 3.28. The molecule has 0 aliphatic rings. The maximum absolute atomic E-state index is 13.1. The summed E-state index contributed by atoms with van der Waals surface area (Å²) >= 11 is 0. The zero-order valence-corrected chi connectivity index (χ0v) is 16.5. The van der Waals surface area contributed by atoms with Crippen molar-refractivity contribution in [2.45, 2.75) is 13.1 Å². The molecule has 0 radical (unpaired) electrons. The number of aromatic nitrogens is 5. The highest BCUT2D eigenvalue weighted by Gasteiger charge is 2.30. The third-order valence-electron chi connectivity index (χ3n) is 4.56. The number of nitrogens with one attached hydrogen (secondary N) is 1. The molecule has 32 heavy (non-hydrogen) atoms. The Hall–Kier alpha value is -4.28. The van der Waals surface area contributed by atoms with Gasteiger partial charge in [-0.25, -0.2) is 4.68 Å². The van der Waals surface area contributed by atoms with Crippen molar-refractivity contribution in [1.82, 2.24) is 24.5 Å². The highest BCUT2D eigenvalue weighted by Crippen LogP contribution is 2.30. The fraction of sp³-hybridized carbons (Fsp3) is 0.0952. The van der Waals surface area contributed by atoms with Gasteiger partial charge in [0.2, 0.25) is 5.43 Å². The lowest BCUT2D eigenvalue weighted by Crippen LogP contribution is -2.27. The molecule has 2 aromatic carbocycles. The summed E-state index contributed by atoms with van der Waals surface area (Å²) in [5.41, 5.74) is -0.575. The number of carbonyl (C=O) groups excluding carboxylic acids is 1. The molecule has 1 N–H and O–H groups in total. The third-order valence-corrected chi connectivity index (χ3v) is 4.56. The molecular formula is C21H15F3N6O2. The largest absolute Gasteiger partial charge is 0.416 e. The predicted molar refractivity (Wildman–Crippen MR) is 109 cm³/mol. The van der Waals surface area contributed by atoms with E-state index in [0.717, 1.165) is 22.9 Å². The van der Waals surface area contributed by atoms with Gasteiger partial charge in [0, 0.05) is 17.4 Å². The van der Waals surface area contributed by atoms with E-state index < -0.39 is 28.8 Å². The van der Waals surface area contributed by atoms with Gasteiger partial charge in [-0.2, -0.15) is 18.3 Å². The maximum Gasteiger partial charge on any atom is 0.416 e. The van der Waals surface area contributed by atoms with Crippen molar-refractivity contribution < 1.29 is 18.0 Å². The zero-order valence-electron chi connectivity index (χ0n) is 16.5. The first-order valence-electron chi connectivity index (χ1n) is 9.27. The van der Waals surface area contributed by atoms with Crippen LogP contribution in [0, 0.1) is 6.92 Å². The first kappa shape index (κ1) is 21.0. The minimum absolute atomic E-state index is 0.0704. The van der Waals surface area contributed by atoms with Crippen LogP contribution in [0.1, 0.15) is 21.7 Å². The van der Waals surface area contributed by atoms with E-state index in [2.05, 4.69) is 20.6 Å². The van der Waals surface area contributed by atoms with Crippen molar-refractivity contribution in [3.05, 3.63) is 94.4 Å². The second kappa shape index (κ2) is 8.10. The van der Waals surface area contributed by atoms with Crippen LogP contribution in [0.5, 0.6) is 0 Å². The molecule has 0 saturated heterocycles. The number of hydrogen-bond acceptors (Lipinski definition) is 5. The number of benzene rings is 2. The molecule has 2 heterocycles. The molecular weight excluding hydrogens is 425 g/mol. The van der Waals surface area contributed by atoms with Gasteiger partial charge in [0.25, 0.3) is 5.91 Å². The molecule has 0 aliphatic heterocycles. The van der Waals surface area contributed by atoms with Gasteiger partial charge in [-0.1, -0.05) is 12.1 Å². The van der Waals surface area contributed by atoms with Crippen molar-refractivity contribution in [3.63, 3.8) is 0 Å². The molecule has 0 spiro atoms. The number of halogens is 3. The molecule has 11 heteroatoms. The Labute approximate surface area is 179 Å². The van der Waals surface area contributed by atoms with Crippen LogP contribution < -0.4 is 10.7 Å². The number of alkyl halides is 3. The van der Waals surface area contributed by atoms with Crippen molar-refractivity contribution in [3.8, 4) is 11.4 Å². The van der Waals surface area contributed by atoms with Crippen LogP contribution in [0.3, 0.4) is 0 Å². The lowest BCUT2D eigenvalue weighted by molar-refractivity contribution is -0.137. The SMILES string of the molecule is Cc1cc(=O)c(C(=O)Nc2cccc(-n3cnnc3)c2)nn1-c1cccc(C(F)(F)F)c1. The third kappa shape index (κ3) is 4.26. The molecule has 4 rings (SSSR count). The van der Waals surface area contributed by atoms with E-state index in [1.54, 1.807) is 28.8 Å². The Balaban J connectivity index is 1.67. The van der Waals surface area contributed by atoms with Gasteiger partial charge in [0.05, 0.1) is 16.9 Å². The van der Waals surface area contributed by atoms with Gasteiger partial charge >= 0.3 is 6.18 Å². The summed E-state index contributed by atoms with van der Waals surface area (Å²) in [4.78, 5) is 25.2. The van der Waals surface area contributed by atoms with E-state index in [-0.39, 0.29) is 11.4 Å². The summed E-state index contributed by atoms with van der Waals surface area (Å²) in [5.74, 6) is -0.795. The van der Waals surface area contributed by atoms with Crippen molar-refractivity contribution in [1.29, 1.82) is 0 Å². The molecule has 1 amide bonds. The first-order valence-corrected chi connectivity index (χ1v) is 9.27. The Morgan fingerprint density at radius 2 is 1.66 bits per heavy atom. The van der Waals surface area contributed by atoms with Crippen LogP contribution in [0.4, 0.5) is 18.9 Å². The Morgan fingerprint density at radius 1 is 0.969 bits per heavy atom. The van der Waals surface area contributed by atoms with Crippen LogP contribution in [0.25, 0.3) is 11.4 Å². The predicted octanol–water partition coefficient (Wildman–Crippen LogP) is 3.39. The maximum atomic E-state index is 13.1. The molecule has 2 aromatic heterocycles. The van der Waals surface area contributed by atoms with Crippen LogP contribution in [-0.2, 0) is 6.18 Å². The number of rotatable bonds is 4. The smallest absolute Gasteiger partial charge is 0.320 e. The van der Waals surface area contributed by atoms with E-state index in [0.29, 0.717) is 11.4 Å². The van der Waals surface area contributed by atoms with E-state index in [1.165, 1.54) is 31.7 Å². The van der Waals surface area contributed by atoms with Gasteiger partial charge in [-0.15, -0.1) is 10.2 Å². The molecule has 0 saturated carbocycles. The van der Waals surface area contributed by atoms with Crippen molar-refractivity contribution in [2.24, 2.45) is 0 Å². The van der Waals surface area contributed by atoms with E-state index in [1.807, 2.05) is 0 Å². The highest BCUT2D eigenvalue weighted by atomic mass is 19.4. The monoisotopic (exact) mass is 440 g/mol. The number of carbonyl (C=O) groups is 1. The van der Waals surface area contributed by atoms with Crippen molar-refractivity contribution >= 4 is 11.6 Å². The quantitative estimate of drug-likeness (QED) is 0.525. The summed E-state index contributed by atoms with van der Waals surface area (Å²) in [6, 6.07) is 12.3. The first-order chi connectivity index (χ1) is 15.2. The molecule has 162 valence electrons. The molecule has 0 fully saturated rings. The Kier molecular flexibility index (Phi) is 5.31. The van der Waals surface area contributed by atoms with Gasteiger partial charge in [-0.05, 0) is 43.3 Å². The zero-order chi connectivity index (χ0) is 22.9. The average molecular weight is 440 g/mol. The second-order valence-electron chi connectivity index (χ2n) is 6.83. The van der Waals surface area contributed by atoms with E-state index >= 15 is 0 Å². The van der Waals surface area contributed by atoms with Crippen molar-refractivity contribution in [2.75, 3.05) is 5.32 Å². The van der Waals surface area contributed by atoms with E-state index in [9.17, 15) is 22.8 Å². The van der Waals surface area contributed by atoms with Crippen LogP contribution in [0.2, 0.25) is 0 Å². The standard InChI is InChI=1S/C21H15F3N6O2/c1-13-8-18(31)19(28-30(13)17-7-2-4-14(9-17)21(22,23)24)20(32)27-15-5-3-6-16(10-15)29-11-25-26-12-29/h2-12H,1H3,(H,27,32). The molecule has 0 aliphatic carbocycles. The summed E-state index contributed by atoms with van der Waals surface area (Å²) in [7, 11) is 0. The molecule has 0 atom stereocenters. The topological polar surface area (TPSA) is 94.7 Å². The second-order valence-corrected chi connectivity index (χ2v) is 6.83. The summed E-state index contributed by atoms with van der Waals surface area (Å²) < 4.78 is 42.0. The van der Waals surface area contributed by atoms with Crippen LogP contribution in [-0.4, -0.2) is 30.5 Å². The number of aryl methyl sites for hydroxylation is 1. The summed E-state index contributed by atoms with van der Waals surface area (Å²) in [6.45, 7) is 1.51. The number of hydrogen-bond donors (Lipinski definition) is 1. The lowest BCUT2D eigenvalue weighted by Gasteiger charge is -2.14. The normalized spacial score (nSPS) is 11.4. The Bertz CT molecular complexity index is 1350. The number of nitrogens with zero attached hydrogens (tertiary/aromatic N) is 5. The molecule has 0 bridgehead atoms. The summed E-state index contributed by atoms with van der Waals surface area (Å²) in [5, 5.41) is 14.1. The van der Waals surface area contributed by atoms with Gasteiger partial charge in [0.1, 0.15) is 12.7 Å². The summed E-state index contributed by atoms with van der Waals surface area (Å²) in [6.07, 6.45) is -1.58. The van der Waals surface area contributed by atoms with Crippen LogP contribution >= 0.6 is 0 Å².